The first kappa shape index (κ1) is 9.98. The summed E-state index contributed by atoms with van der Waals surface area (Å²) in [5, 5.41) is 0. The Morgan fingerprint density at radius 2 is 2.08 bits per heavy atom. The van der Waals surface area contributed by atoms with Crippen LogP contribution in [0.25, 0.3) is 0 Å². The van der Waals surface area contributed by atoms with Gasteiger partial charge in [0, 0.05) is 6.54 Å². The molecule has 5 heteroatoms. The monoisotopic (exact) mass is 185 g/mol. The molecule has 0 bridgehead atoms. The van der Waals surface area contributed by atoms with Crippen LogP contribution in [0.2, 0.25) is 0 Å². The van der Waals surface area contributed by atoms with Crippen LogP contribution in [0.5, 0.6) is 0 Å². The van der Waals surface area contributed by atoms with E-state index in [9.17, 15) is 9.59 Å². The third kappa shape index (κ3) is 2.18. The molecule has 1 rings (SSSR count). The first-order valence-corrected chi connectivity index (χ1v) is 4.45. The number of carbonyl (C=O) groups is 2. The lowest BCUT2D eigenvalue weighted by Gasteiger charge is -2.32. The molecular formula is C8H15N3O2. The number of urea groups is 1. The van der Waals surface area contributed by atoms with Crippen LogP contribution in [-0.4, -0.2) is 35.8 Å². The van der Waals surface area contributed by atoms with Gasteiger partial charge in [-0.25, -0.2) is 4.79 Å². The number of primary amides is 1. The molecule has 4 N–H and O–H groups in total. The molecule has 0 spiro atoms. The van der Waals surface area contributed by atoms with Crippen molar-refractivity contribution in [2.75, 3.05) is 13.1 Å². The van der Waals surface area contributed by atoms with Gasteiger partial charge in [-0.3, -0.25) is 4.79 Å². The van der Waals surface area contributed by atoms with Crippen molar-refractivity contribution in [1.82, 2.24) is 4.90 Å². The molecule has 0 aromatic rings. The molecular weight excluding hydrogens is 170 g/mol. The number of ketones is 1. The number of likely N-dealkylation sites (tertiary alicyclic amines) is 1. The van der Waals surface area contributed by atoms with E-state index in [2.05, 4.69) is 0 Å². The molecule has 1 atom stereocenters. The summed E-state index contributed by atoms with van der Waals surface area (Å²) in [7, 11) is 0. The number of amides is 2. The van der Waals surface area contributed by atoms with Crippen molar-refractivity contribution in [1.29, 1.82) is 0 Å². The van der Waals surface area contributed by atoms with Gasteiger partial charge in [-0.2, -0.15) is 0 Å². The van der Waals surface area contributed by atoms with Gasteiger partial charge in [-0.15, -0.1) is 0 Å². The zero-order valence-corrected chi connectivity index (χ0v) is 7.53. The lowest BCUT2D eigenvalue weighted by Crippen LogP contribution is -2.51. The summed E-state index contributed by atoms with van der Waals surface area (Å²) in [5.41, 5.74) is 10.4. The predicted molar refractivity (Wildman–Crippen MR) is 48.0 cm³/mol. The quantitative estimate of drug-likeness (QED) is 0.604. The van der Waals surface area contributed by atoms with E-state index in [1.165, 1.54) is 4.90 Å². The summed E-state index contributed by atoms with van der Waals surface area (Å²) >= 11 is 0. The number of hydrogen-bond donors (Lipinski definition) is 2. The largest absolute Gasteiger partial charge is 0.351 e. The Morgan fingerprint density at radius 1 is 1.38 bits per heavy atom. The highest BCUT2D eigenvalue weighted by atomic mass is 16.2. The van der Waals surface area contributed by atoms with E-state index in [0.717, 1.165) is 12.8 Å². The topological polar surface area (TPSA) is 89.4 Å². The van der Waals surface area contributed by atoms with E-state index < -0.39 is 6.03 Å². The molecule has 0 aromatic heterocycles. The number of nitrogens with zero attached hydrogens (tertiary/aromatic N) is 1. The lowest BCUT2D eigenvalue weighted by molar-refractivity contribution is -0.122. The highest BCUT2D eigenvalue weighted by Gasteiger charge is 2.29. The Labute approximate surface area is 77.1 Å². The van der Waals surface area contributed by atoms with Gasteiger partial charge in [0.05, 0.1) is 12.6 Å². The summed E-state index contributed by atoms with van der Waals surface area (Å²) in [4.78, 5) is 23.7. The van der Waals surface area contributed by atoms with Crippen LogP contribution in [0, 0.1) is 0 Å². The highest BCUT2D eigenvalue weighted by Crippen LogP contribution is 2.16. The second-order valence-corrected chi connectivity index (χ2v) is 3.21. The number of rotatable bonds is 2. The van der Waals surface area contributed by atoms with E-state index >= 15 is 0 Å². The maximum absolute atomic E-state index is 11.3. The van der Waals surface area contributed by atoms with Crippen molar-refractivity contribution >= 4 is 11.8 Å². The molecule has 5 nitrogen and oxygen atoms in total. The Kier molecular flexibility index (Phi) is 3.25. The van der Waals surface area contributed by atoms with Gasteiger partial charge >= 0.3 is 6.03 Å². The van der Waals surface area contributed by atoms with Gasteiger partial charge in [0.15, 0.2) is 5.78 Å². The fourth-order valence-electron chi connectivity index (χ4n) is 1.67. The van der Waals surface area contributed by atoms with Crippen LogP contribution in [0.1, 0.15) is 19.3 Å². The molecule has 13 heavy (non-hydrogen) atoms. The predicted octanol–water partition coefficient (Wildman–Crippen LogP) is -0.553. The van der Waals surface area contributed by atoms with Crippen molar-refractivity contribution in [3.63, 3.8) is 0 Å². The fourth-order valence-corrected chi connectivity index (χ4v) is 1.67. The maximum atomic E-state index is 11.3. The van der Waals surface area contributed by atoms with Crippen LogP contribution in [0.15, 0.2) is 0 Å². The van der Waals surface area contributed by atoms with Crippen molar-refractivity contribution in [2.45, 2.75) is 25.3 Å². The minimum atomic E-state index is -0.522. The van der Waals surface area contributed by atoms with Gasteiger partial charge < -0.3 is 16.4 Å². The molecule has 0 saturated carbocycles. The highest BCUT2D eigenvalue weighted by molar-refractivity contribution is 5.89. The van der Waals surface area contributed by atoms with Crippen molar-refractivity contribution in [2.24, 2.45) is 11.5 Å². The van der Waals surface area contributed by atoms with E-state index in [-0.39, 0.29) is 18.4 Å². The van der Waals surface area contributed by atoms with E-state index in [0.29, 0.717) is 13.0 Å². The molecule has 2 amide bonds. The average Bonchev–Trinajstić information content (AvgIpc) is 2.16. The molecule has 1 fully saturated rings. The van der Waals surface area contributed by atoms with Crippen LogP contribution >= 0.6 is 0 Å². The zero-order valence-electron chi connectivity index (χ0n) is 7.53. The van der Waals surface area contributed by atoms with E-state index in [1.54, 1.807) is 0 Å². The molecule has 1 saturated heterocycles. The van der Waals surface area contributed by atoms with Crippen LogP contribution in [0.3, 0.4) is 0 Å². The third-order valence-corrected chi connectivity index (χ3v) is 2.36. The maximum Gasteiger partial charge on any atom is 0.315 e. The Hall–Kier alpha value is -1.10. The number of hydrogen-bond acceptors (Lipinski definition) is 3. The molecule has 1 aliphatic rings. The number of carbonyl (C=O) groups excluding carboxylic acids is 2. The van der Waals surface area contributed by atoms with Crippen molar-refractivity contribution in [3.8, 4) is 0 Å². The van der Waals surface area contributed by atoms with Crippen LogP contribution < -0.4 is 11.5 Å². The molecule has 74 valence electrons. The SMILES string of the molecule is NCC(=O)C1CCCCN1C(N)=O. The molecule has 1 aliphatic heterocycles. The average molecular weight is 185 g/mol. The summed E-state index contributed by atoms with van der Waals surface area (Å²) in [5.74, 6) is -0.0986. The smallest absolute Gasteiger partial charge is 0.315 e. The number of Topliss-reactive ketones (excluding diaryl/α,β-unsaturated/α-hetero) is 1. The van der Waals surface area contributed by atoms with Gasteiger partial charge in [0.1, 0.15) is 0 Å². The fraction of sp³-hybridized carbons (Fsp3) is 0.750. The first-order valence-electron chi connectivity index (χ1n) is 4.45. The standard InChI is InChI=1S/C8H15N3O2/c9-5-7(12)6-3-1-2-4-11(6)8(10)13/h6H,1-5,9H2,(H2,10,13). The van der Waals surface area contributed by atoms with E-state index in [4.69, 9.17) is 11.5 Å². The summed E-state index contributed by atoms with van der Waals surface area (Å²) in [6.45, 7) is 0.556. The Morgan fingerprint density at radius 3 is 2.62 bits per heavy atom. The summed E-state index contributed by atoms with van der Waals surface area (Å²) in [6, 6.07) is -0.900. The number of piperidine rings is 1. The zero-order chi connectivity index (χ0) is 9.84. The van der Waals surface area contributed by atoms with Gasteiger partial charge in [0.25, 0.3) is 0 Å². The van der Waals surface area contributed by atoms with Crippen LogP contribution in [-0.2, 0) is 4.79 Å². The van der Waals surface area contributed by atoms with E-state index in [1.807, 2.05) is 0 Å². The molecule has 0 aliphatic carbocycles. The Balaban J connectivity index is 2.67. The summed E-state index contributed by atoms with van der Waals surface area (Å²) < 4.78 is 0. The molecule has 1 unspecified atom stereocenters. The minimum Gasteiger partial charge on any atom is -0.351 e. The number of nitrogens with two attached hydrogens (primary N) is 2. The second-order valence-electron chi connectivity index (χ2n) is 3.21. The summed E-state index contributed by atoms with van der Waals surface area (Å²) in [6.07, 6.45) is 2.57. The minimum absolute atomic E-state index is 0.0194. The normalized spacial score (nSPS) is 22.8. The molecule has 0 aromatic carbocycles. The van der Waals surface area contributed by atoms with Crippen molar-refractivity contribution in [3.05, 3.63) is 0 Å². The van der Waals surface area contributed by atoms with Crippen LogP contribution in [0.4, 0.5) is 4.79 Å². The second kappa shape index (κ2) is 4.23. The third-order valence-electron chi connectivity index (χ3n) is 2.36. The molecule has 0 radical (unpaired) electrons. The first-order chi connectivity index (χ1) is 6.16. The molecule has 1 heterocycles. The van der Waals surface area contributed by atoms with Gasteiger partial charge in [-0.05, 0) is 19.3 Å². The Bertz CT molecular complexity index is 217. The lowest BCUT2D eigenvalue weighted by atomic mass is 9.99. The van der Waals surface area contributed by atoms with Gasteiger partial charge in [-0.1, -0.05) is 0 Å². The van der Waals surface area contributed by atoms with Gasteiger partial charge in [0.2, 0.25) is 0 Å². The van der Waals surface area contributed by atoms with Crippen molar-refractivity contribution < 1.29 is 9.59 Å².